The average molecular weight is 440 g/mol. The maximum absolute atomic E-state index is 13.6. The molecule has 3 rings (SSSR count). The highest BCUT2D eigenvalue weighted by Gasteiger charge is 2.34. The lowest BCUT2D eigenvalue weighted by Gasteiger charge is -2.14. The zero-order chi connectivity index (χ0) is 23.0. The van der Waals surface area contributed by atoms with Crippen LogP contribution in [0, 0.1) is 0 Å². The van der Waals surface area contributed by atoms with Gasteiger partial charge in [-0.15, -0.1) is 10.2 Å². The topological polar surface area (TPSA) is 92.2 Å². The van der Waals surface area contributed by atoms with E-state index in [2.05, 4.69) is 30.8 Å². The van der Waals surface area contributed by atoms with E-state index >= 15 is 0 Å². The minimum Gasteiger partial charge on any atom is -0.335 e. The Morgan fingerprint density at radius 2 is 1.69 bits per heavy atom. The molecule has 0 unspecified atom stereocenters. The monoisotopic (exact) mass is 440 g/mol. The molecule has 0 bridgehead atoms. The first kappa shape index (κ1) is 22.6. The number of halogens is 3. The average Bonchev–Trinajstić information content (AvgIpc) is 2.78. The number of amides is 1. The van der Waals surface area contributed by atoms with Gasteiger partial charge < -0.3 is 10.6 Å². The van der Waals surface area contributed by atoms with Crippen molar-refractivity contribution >= 4 is 23.3 Å². The summed E-state index contributed by atoms with van der Waals surface area (Å²) in [5.41, 5.74) is 0.270. The smallest absolute Gasteiger partial charge is 0.335 e. The summed E-state index contributed by atoms with van der Waals surface area (Å²) in [6.45, 7) is 0. The van der Waals surface area contributed by atoms with E-state index in [1.165, 1.54) is 31.6 Å². The van der Waals surface area contributed by atoms with Crippen molar-refractivity contribution in [3.8, 4) is 0 Å². The van der Waals surface area contributed by atoms with Crippen LogP contribution in [0.1, 0.15) is 11.1 Å². The molecule has 164 valence electrons. The highest BCUT2D eigenvalue weighted by Crippen LogP contribution is 2.27. The summed E-state index contributed by atoms with van der Waals surface area (Å²) in [5, 5.41) is 12.3. The molecule has 0 atom stereocenters. The number of aliphatic imine (C=N–C) groups is 1. The number of alkyl halides is 3. The number of benzene rings is 1. The van der Waals surface area contributed by atoms with Gasteiger partial charge in [0.05, 0.1) is 12.1 Å². The van der Waals surface area contributed by atoms with Crippen LogP contribution >= 0.6 is 0 Å². The van der Waals surface area contributed by atoms with E-state index in [1.807, 2.05) is 30.3 Å². The molecule has 0 fully saturated rings. The quantitative estimate of drug-likeness (QED) is 0.542. The lowest BCUT2D eigenvalue weighted by Crippen LogP contribution is -2.22. The molecule has 0 aliphatic heterocycles. The SMILES string of the molecule is CN=C(/C=C(\Nc1ccc(NC(=O)Cc2ccccc2)nn1)C(F)(F)F)c1cccnc1. The van der Waals surface area contributed by atoms with Crippen LogP contribution < -0.4 is 10.6 Å². The van der Waals surface area contributed by atoms with Crippen molar-refractivity contribution in [1.82, 2.24) is 15.2 Å². The number of rotatable bonds is 7. The summed E-state index contributed by atoms with van der Waals surface area (Å²) in [6, 6.07) is 15.0. The second kappa shape index (κ2) is 10.3. The molecule has 0 saturated heterocycles. The van der Waals surface area contributed by atoms with Gasteiger partial charge in [0, 0.05) is 25.0 Å². The number of anilines is 2. The fourth-order valence-electron chi connectivity index (χ4n) is 2.69. The zero-order valence-corrected chi connectivity index (χ0v) is 17.0. The maximum atomic E-state index is 13.6. The van der Waals surface area contributed by atoms with Gasteiger partial charge in [0.2, 0.25) is 5.91 Å². The summed E-state index contributed by atoms with van der Waals surface area (Å²) in [6.07, 6.45) is -0.758. The Morgan fingerprint density at radius 1 is 1.00 bits per heavy atom. The van der Waals surface area contributed by atoms with Gasteiger partial charge in [-0.05, 0) is 35.9 Å². The predicted molar refractivity (Wildman–Crippen MR) is 115 cm³/mol. The van der Waals surface area contributed by atoms with Gasteiger partial charge in [-0.2, -0.15) is 13.2 Å². The number of allylic oxidation sites excluding steroid dienone is 2. The zero-order valence-electron chi connectivity index (χ0n) is 17.0. The number of hydrogen-bond donors (Lipinski definition) is 2. The summed E-state index contributed by atoms with van der Waals surface area (Å²) in [4.78, 5) is 19.9. The van der Waals surface area contributed by atoms with E-state index in [1.54, 1.807) is 12.1 Å². The van der Waals surface area contributed by atoms with Gasteiger partial charge in [0.25, 0.3) is 0 Å². The van der Waals surface area contributed by atoms with E-state index in [0.717, 1.165) is 11.6 Å². The summed E-state index contributed by atoms with van der Waals surface area (Å²) >= 11 is 0. The number of nitrogens with zero attached hydrogens (tertiary/aromatic N) is 4. The highest BCUT2D eigenvalue weighted by molar-refractivity contribution is 6.09. The summed E-state index contributed by atoms with van der Waals surface area (Å²) in [7, 11) is 1.39. The molecule has 0 saturated carbocycles. The Kier molecular flexibility index (Phi) is 7.27. The Bertz CT molecular complexity index is 1100. The van der Waals surface area contributed by atoms with Crippen molar-refractivity contribution in [2.45, 2.75) is 12.6 Å². The van der Waals surface area contributed by atoms with E-state index in [4.69, 9.17) is 0 Å². The van der Waals surface area contributed by atoms with Crippen LogP contribution in [0.4, 0.5) is 24.8 Å². The minimum atomic E-state index is -4.69. The van der Waals surface area contributed by atoms with Gasteiger partial charge >= 0.3 is 6.18 Å². The Hall–Kier alpha value is -4.08. The first-order valence-corrected chi connectivity index (χ1v) is 9.46. The largest absolute Gasteiger partial charge is 0.431 e. The van der Waals surface area contributed by atoms with Crippen molar-refractivity contribution < 1.29 is 18.0 Å². The van der Waals surface area contributed by atoms with Crippen LogP contribution in [0.3, 0.4) is 0 Å². The number of carbonyl (C=O) groups excluding carboxylic acids is 1. The molecular formula is C22H19F3N6O. The molecule has 2 N–H and O–H groups in total. The molecular weight excluding hydrogens is 421 g/mol. The summed E-state index contributed by atoms with van der Waals surface area (Å²) in [5.74, 6) is -0.334. The third-order valence-electron chi connectivity index (χ3n) is 4.19. The second-order valence-electron chi connectivity index (χ2n) is 6.55. The standard InChI is InChI=1S/C22H19F3N6O/c1-26-17(16-8-5-11-27-14-16)13-18(22(23,24)25)28-19-9-10-20(31-30-19)29-21(32)12-15-6-3-2-4-7-15/h2-11,13-14H,12H2,1H3,(H,28,30)(H,29,31,32)/b18-13-,26-17?. The van der Waals surface area contributed by atoms with Crippen LogP contribution in [0.15, 0.2) is 83.8 Å². The van der Waals surface area contributed by atoms with Gasteiger partial charge in [-0.1, -0.05) is 30.3 Å². The predicted octanol–water partition coefficient (Wildman–Crippen LogP) is 4.03. The third-order valence-corrected chi connectivity index (χ3v) is 4.19. The van der Waals surface area contributed by atoms with E-state index in [-0.39, 0.29) is 29.7 Å². The number of hydrogen-bond acceptors (Lipinski definition) is 6. The number of carbonyl (C=O) groups is 1. The van der Waals surface area contributed by atoms with Crippen molar-refractivity contribution in [3.05, 3.63) is 89.9 Å². The van der Waals surface area contributed by atoms with E-state index in [9.17, 15) is 18.0 Å². The fourth-order valence-corrected chi connectivity index (χ4v) is 2.69. The third kappa shape index (κ3) is 6.46. The van der Waals surface area contributed by atoms with Crippen molar-refractivity contribution in [2.75, 3.05) is 17.7 Å². The van der Waals surface area contributed by atoms with Gasteiger partial charge in [0.15, 0.2) is 11.6 Å². The Balaban J connectivity index is 1.71. The lowest BCUT2D eigenvalue weighted by molar-refractivity contribution is -0.115. The fraction of sp³-hybridized carbons (Fsp3) is 0.136. The molecule has 10 heteroatoms. The van der Waals surface area contributed by atoms with Crippen molar-refractivity contribution in [3.63, 3.8) is 0 Å². The Labute approximate surface area is 182 Å². The molecule has 2 heterocycles. The van der Waals surface area contributed by atoms with Crippen LogP contribution in [0.5, 0.6) is 0 Å². The van der Waals surface area contributed by atoms with E-state index < -0.39 is 11.9 Å². The van der Waals surface area contributed by atoms with Gasteiger partial charge in [0.1, 0.15) is 5.70 Å². The highest BCUT2D eigenvalue weighted by atomic mass is 19.4. The van der Waals surface area contributed by atoms with Crippen LogP contribution in [-0.2, 0) is 11.2 Å². The van der Waals surface area contributed by atoms with E-state index in [0.29, 0.717) is 5.56 Å². The molecule has 0 aliphatic rings. The molecule has 0 aliphatic carbocycles. The van der Waals surface area contributed by atoms with Crippen LogP contribution in [0.2, 0.25) is 0 Å². The first-order valence-electron chi connectivity index (χ1n) is 9.46. The molecule has 0 radical (unpaired) electrons. The lowest BCUT2D eigenvalue weighted by atomic mass is 10.1. The molecule has 3 aromatic rings. The first-order chi connectivity index (χ1) is 15.3. The molecule has 1 aromatic carbocycles. The van der Waals surface area contributed by atoms with Crippen molar-refractivity contribution in [2.24, 2.45) is 4.99 Å². The second-order valence-corrected chi connectivity index (χ2v) is 6.55. The number of pyridine rings is 1. The van der Waals surface area contributed by atoms with Gasteiger partial charge in [-0.25, -0.2) is 0 Å². The number of aromatic nitrogens is 3. The Morgan fingerprint density at radius 3 is 2.25 bits per heavy atom. The maximum Gasteiger partial charge on any atom is 0.431 e. The van der Waals surface area contributed by atoms with Crippen molar-refractivity contribution in [1.29, 1.82) is 0 Å². The normalized spacial score (nSPS) is 12.4. The summed E-state index contributed by atoms with van der Waals surface area (Å²) < 4.78 is 40.7. The number of nitrogens with one attached hydrogen (secondary N) is 2. The molecule has 7 nitrogen and oxygen atoms in total. The molecule has 32 heavy (non-hydrogen) atoms. The van der Waals surface area contributed by atoms with Gasteiger partial charge in [-0.3, -0.25) is 14.8 Å². The van der Waals surface area contributed by atoms with Crippen LogP contribution in [0.25, 0.3) is 0 Å². The molecule has 1 amide bonds. The molecule has 2 aromatic heterocycles. The minimum absolute atomic E-state index is 0.0932. The molecule has 0 spiro atoms. The van der Waals surface area contributed by atoms with Crippen LogP contribution in [-0.4, -0.2) is 40.0 Å².